The van der Waals surface area contributed by atoms with Gasteiger partial charge in [-0.2, -0.15) is 5.10 Å². The number of aliphatic hydroxyl groups excluding tert-OH is 1. The second kappa shape index (κ2) is 6.33. The Morgan fingerprint density at radius 3 is 2.60 bits per heavy atom. The number of aliphatic hydroxyl groups is 1. The van der Waals surface area contributed by atoms with Crippen molar-refractivity contribution in [1.29, 1.82) is 0 Å². The maximum atomic E-state index is 10.5. The summed E-state index contributed by atoms with van der Waals surface area (Å²) in [5, 5.41) is 22.5. The Kier molecular flexibility index (Phi) is 4.52. The van der Waals surface area contributed by atoms with Crippen LogP contribution in [0.2, 0.25) is 0 Å². The first-order valence-corrected chi connectivity index (χ1v) is 6.36. The highest BCUT2D eigenvalue weighted by atomic mass is 16.5. The molecule has 0 saturated carbocycles. The number of nitrogens with zero attached hydrogens (tertiary/aromatic N) is 4. The van der Waals surface area contributed by atoms with Gasteiger partial charge in [-0.25, -0.2) is 0 Å². The van der Waals surface area contributed by atoms with Crippen LogP contribution in [-0.2, 0) is 6.54 Å². The van der Waals surface area contributed by atoms with E-state index in [1.807, 2.05) is 6.92 Å². The Balaban J connectivity index is 2.35. The van der Waals surface area contributed by atoms with Gasteiger partial charge in [0.2, 0.25) is 5.88 Å². The van der Waals surface area contributed by atoms with E-state index in [0.717, 1.165) is 6.42 Å². The highest BCUT2D eigenvalue weighted by molar-refractivity contribution is 5.32. The average molecular weight is 278 g/mol. The molecule has 7 heteroatoms. The fraction of sp³-hybridized carbons (Fsp3) is 0.462. The van der Waals surface area contributed by atoms with Gasteiger partial charge in [0.15, 0.2) is 5.75 Å². The van der Waals surface area contributed by atoms with E-state index in [-0.39, 0.29) is 0 Å². The maximum Gasteiger partial charge on any atom is 0.233 e. The monoisotopic (exact) mass is 278 g/mol. The molecule has 0 radical (unpaired) electrons. The lowest BCUT2D eigenvalue weighted by Crippen LogP contribution is -2.12. The summed E-state index contributed by atoms with van der Waals surface area (Å²) in [6.45, 7) is 2.73. The lowest BCUT2D eigenvalue weighted by Gasteiger charge is -2.14. The van der Waals surface area contributed by atoms with Crippen molar-refractivity contribution in [1.82, 2.24) is 20.0 Å². The van der Waals surface area contributed by atoms with Gasteiger partial charge in [0.1, 0.15) is 11.8 Å². The van der Waals surface area contributed by atoms with Crippen molar-refractivity contribution >= 4 is 0 Å². The van der Waals surface area contributed by atoms with E-state index in [9.17, 15) is 5.11 Å². The van der Waals surface area contributed by atoms with E-state index in [1.54, 1.807) is 30.1 Å². The second-order valence-corrected chi connectivity index (χ2v) is 4.22. The van der Waals surface area contributed by atoms with Gasteiger partial charge >= 0.3 is 0 Å². The fourth-order valence-electron chi connectivity index (χ4n) is 1.93. The third kappa shape index (κ3) is 2.72. The molecule has 20 heavy (non-hydrogen) atoms. The van der Waals surface area contributed by atoms with Crippen LogP contribution in [0.15, 0.2) is 18.3 Å². The zero-order chi connectivity index (χ0) is 14.5. The number of rotatable bonds is 6. The molecule has 0 aliphatic rings. The van der Waals surface area contributed by atoms with Crippen molar-refractivity contribution < 1.29 is 14.6 Å². The zero-order valence-corrected chi connectivity index (χ0v) is 11.8. The Hall–Kier alpha value is -2.15. The summed E-state index contributed by atoms with van der Waals surface area (Å²) in [5.41, 5.74) is 0.996. The molecule has 2 aromatic rings. The fourth-order valence-corrected chi connectivity index (χ4v) is 1.93. The lowest BCUT2D eigenvalue weighted by atomic mass is 10.1. The van der Waals surface area contributed by atoms with E-state index in [1.165, 1.54) is 7.11 Å². The van der Waals surface area contributed by atoms with Crippen LogP contribution in [-0.4, -0.2) is 39.3 Å². The van der Waals surface area contributed by atoms with Crippen molar-refractivity contribution in [2.45, 2.75) is 26.0 Å². The quantitative estimate of drug-likeness (QED) is 0.854. The number of aromatic nitrogens is 4. The number of methoxy groups -OCH3 is 2. The van der Waals surface area contributed by atoms with Gasteiger partial charge < -0.3 is 14.6 Å². The molecule has 0 saturated heterocycles. The standard InChI is InChI=1S/C13H18N4O3/c1-4-7-17-12(10(19-2)8-14-17)13(18)9-5-6-11(20-3)16-15-9/h5-6,8,13,18H,4,7H2,1-3H3. The van der Waals surface area contributed by atoms with Crippen LogP contribution in [0.25, 0.3) is 0 Å². The first-order valence-electron chi connectivity index (χ1n) is 6.36. The molecule has 0 bridgehead atoms. The number of aryl methyl sites for hydroxylation is 1. The van der Waals surface area contributed by atoms with Gasteiger partial charge in [-0.15, -0.1) is 10.2 Å². The van der Waals surface area contributed by atoms with Gasteiger partial charge in [-0.05, 0) is 12.5 Å². The highest BCUT2D eigenvalue weighted by Crippen LogP contribution is 2.29. The van der Waals surface area contributed by atoms with E-state index in [2.05, 4.69) is 15.3 Å². The molecule has 1 unspecified atom stereocenters. The van der Waals surface area contributed by atoms with Crippen LogP contribution in [0.5, 0.6) is 11.6 Å². The molecule has 0 fully saturated rings. The van der Waals surface area contributed by atoms with Crippen molar-refractivity contribution in [3.63, 3.8) is 0 Å². The van der Waals surface area contributed by atoms with Gasteiger partial charge in [-0.1, -0.05) is 6.92 Å². The molecule has 2 aromatic heterocycles. The summed E-state index contributed by atoms with van der Waals surface area (Å²) < 4.78 is 11.9. The minimum atomic E-state index is -0.947. The molecule has 0 aromatic carbocycles. The Morgan fingerprint density at radius 1 is 1.25 bits per heavy atom. The molecular weight excluding hydrogens is 260 g/mol. The van der Waals surface area contributed by atoms with Crippen LogP contribution < -0.4 is 9.47 Å². The third-order valence-corrected chi connectivity index (χ3v) is 2.91. The molecule has 0 spiro atoms. The van der Waals surface area contributed by atoms with Crippen molar-refractivity contribution in [2.75, 3.05) is 14.2 Å². The predicted molar refractivity (Wildman–Crippen MR) is 71.7 cm³/mol. The van der Waals surface area contributed by atoms with Gasteiger partial charge in [-0.3, -0.25) is 4.68 Å². The zero-order valence-electron chi connectivity index (χ0n) is 11.8. The molecule has 0 aliphatic carbocycles. The summed E-state index contributed by atoms with van der Waals surface area (Å²) in [6.07, 6.45) is 1.54. The van der Waals surface area contributed by atoms with E-state index >= 15 is 0 Å². The topological polar surface area (TPSA) is 82.3 Å². The third-order valence-electron chi connectivity index (χ3n) is 2.91. The first kappa shape index (κ1) is 14.3. The Labute approximate surface area is 117 Å². The summed E-state index contributed by atoms with van der Waals surface area (Å²) in [7, 11) is 3.06. The van der Waals surface area contributed by atoms with E-state index < -0.39 is 6.10 Å². The van der Waals surface area contributed by atoms with E-state index in [4.69, 9.17) is 9.47 Å². The molecule has 0 aliphatic heterocycles. The van der Waals surface area contributed by atoms with E-state index in [0.29, 0.717) is 29.6 Å². The molecule has 1 N–H and O–H groups in total. The van der Waals surface area contributed by atoms with Crippen LogP contribution in [0, 0.1) is 0 Å². The average Bonchev–Trinajstić information content (AvgIpc) is 2.90. The van der Waals surface area contributed by atoms with Crippen molar-refractivity contribution in [3.8, 4) is 11.6 Å². The highest BCUT2D eigenvalue weighted by Gasteiger charge is 2.22. The normalized spacial score (nSPS) is 12.2. The Bertz CT molecular complexity index is 553. The van der Waals surface area contributed by atoms with Gasteiger partial charge in [0, 0.05) is 12.6 Å². The first-order chi connectivity index (χ1) is 9.71. The summed E-state index contributed by atoms with van der Waals surface area (Å²) in [4.78, 5) is 0. The molecular formula is C13H18N4O3. The van der Waals surface area contributed by atoms with Crippen molar-refractivity contribution in [2.24, 2.45) is 0 Å². The molecule has 2 rings (SSSR count). The number of hydrogen-bond acceptors (Lipinski definition) is 6. The van der Waals surface area contributed by atoms with Crippen LogP contribution in [0.1, 0.15) is 30.8 Å². The largest absolute Gasteiger partial charge is 0.493 e. The van der Waals surface area contributed by atoms with Gasteiger partial charge in [0.25, 0.3) is 0 Å². The van der Waals surface area contributed by atoms with Gasteiger partial charge in [0.05, 0.1) is 26.1 Å². The molecule has 7 nitrogen and oxygen atoms in total. The molecule has 1 atom stereocenters. The number of hydrogen-bond donors (Lipinski definition) is 1. The second-order valence-electron chi connectivity index (χ2n) is 4.22. The lowest BCUT2D eigenvalue weighted by molar-refractivity contribution is 0.195. The smallest absolute Gasteiger partial charge is 0.233 e. The maximum absolute atomic E-state index is 10.5. The summed E-state index contributed by atoms with van der Waals surface area (Å²) in [5.74, 6) is 0.929. The number of ether oxygens (including phenoxy) is 2. The molecule has 2 heterocycles. The van der Waals surface area contributed by atoms with Crippen molar-refractivity contribution in [3.05, 3.63) is 29.7 Å². The summed E-state index contributed by atoms with van der Waals surface area (Å²) in [6, 6.07) is 3.32. The van der Waals surface area contributed by atoms with Crippen LogP contribution >= 0.6 is 0 Å². The summed E-state index contributed by atoms with van der Waals surface area (Å²) >= 11 is 0. The Morgan fingerprint density at radius 2 is 2.05 bits per heavy atom. The minimum absolute atomic E-state index is 0.398. The minimum Gasteiger partial charge on any atom is -0.493 e. The molecule has 0 amide bonds. The van der Waals surface area contributed by atoms with Crippen LogP contribution in [0.3, 0.4) is 0 Å². The SMILES string of the molecule is CCCn1ncc(OC)c1C(O)c1ccc(OC)nn1. The van der Waals surface area contributed by atoms with Crippen LogP contribution in [0.4, 0.5) is 0 Å². The molecule has 108 valence electrons. The predicted octanol–water partition coefficient (Wildman–Crippen LogP) is 1.18.